The predicted octanol–water partition coefficient (Wildman–Crippen LogP) is 5.82. The van der Waals surface area contributed by atoms with Crippen molar-refractivity contribution in [2.24, 2.45) is 11.1 Å². The third kappa shape index (κ3) is 16.0. The maximum atomic E-state index is 14.6. The van der Waals surface area contributed by atoms with Crippen LogP contribution in [0, 0.1) is 12.3 Å². The van der Waals surface area contributed by atoms with Crippen molar-refractivity contribution in [1.29, 1.82) is 0 Å². The molecule has 18 heteroatoms. The van der Waals surface area contributed by atoms with E-state index >= 15 is 0 Å². The molecule has 1 saturated heterocycles. The van der Waals surface area contributed by atoms with E-state index < -0.39 is 76.7 Å². The lowest BCUT2D eigenvalue weighted by Crippen LogP contribution is -2.59. The van der Waals surface area contributed by atoms with Crippen molar-refractivity contribution in [3.8, 4) is 16.2 Å². The van der Waals surface area contributed by atoms with Crippen molar-refractivity contribution in [3.63, 3.8) is 0 Å². The number of benzene rings is 2. The first kappa shape index (κ1) is 52.8. The number of rotatable bonds is 23. The molecular formula is C49H69FN6O10S. The van der Waals surface area contributed by atoms with E-state index in [4.69, 9.17) is 24.7 Å². The van der Waals surface area contributed by atoms with Crippen LogP contribution in [0.5, 0.6) is 5.75 Å². The summed E-state index contributed by atoms with van der Waals surface area (Å²) in [6.07, 6.45) is 0.241. The molecule has 5 atom stereocenters. The lowest BCUT2D eigenvalue weighted by atomic mass is 9.85. The zero-order valence-corrected chi connectivity index (χ0v) is 40.9. The fourth-order valence-corrected chi connectivity index (χ4v) is 8.39. The monoisotopic (exact) mass is 952 g/mol. The van der Waals surface area contributed by atoms with Crippen molar-refractivity contribution in [3.05, 3.63) is 70.4 Å². The summed E-state index contributed by atoms with van der Waals surface area (Å²) in [6, 6.07) is 11.2. The average molecular weight is 953 g/mol. The first-order valence-electron chi connectivity index (χ1n) is 23.0. The van der Waals surface area contributed by atoms with Crippen molar-refractivity contribution in [1.82, 2.24) is 25.8 Å². The number of aliphatic hydroxyl groups excluding tert-OH is 1. The van der Waals surface area contributed by atoms with Gasteiger partial charge >= 0.3 is 6.09 Å². The Kier molecular flexibility index (Phi) is 18.3. The molecule has 67 heavy (non-hydrogen) atoms. The minimum absolute atomic E-state index is 0.0134. The number of hydrogen-bond acceptors (Lipinski definition) is 12. The van der Waals surface area contributed by atoms with Crippen LogP contribution in [0.3, 0.4) is 0 Å². The second-order valence-corrected chi connectivity index (χ2v) is 20.5. The molecule has 1 saturated carbocycles. The molecule has 2 aromatic carbocycles. The third-order valence-corrected chi connectivity index (χ3v) is 12.6. The number of amides is 5. The number of ether oxygens (including phenoxy) is 4. The first-order valence-corrected chi connectivity index (χ1v) is 23.9. The van der Waals surface area contributed by atoms with E-state index in [0.717, 1.165) is 40.1 Å². The Labute approximate surface area is 397 Å². The first-order chi connectivity index (χ1) is 31.5. The van der Waals surface area contributed by atoms with Gasteiger partial charge in [-0.3, -0.25) is 19.2 Å². The van der Waals surface area contributed by atoms with Crippen LogP contribution in [-0.4, -0.2) is 113 Å². The number of carbonyl (C=O) groups excluding carboxylic acids is 5. The summed E-state index contributed by atoms with van der Waals surface area (Å²) < 4.78 is 38.3. The van der Waals surface area contributed by atoms with Crippen LogP contribution in [-0.2, 0) is 53.0 Å². The maximum absolute atomic E-state index is 14.6. The molecule has 0 radical (unpaired) electrons. The van der Waals surface area contributed by atoms with Crippen LogP contribution in [0.15, 0.2) is 48.0 Å². The summed E-state index contributed by atoms with van der Waals surface area (Å²) in [5.74, 6) is -1.78. The molecule has 6 N–H and O–H groups in total. The Balaban J connectivity index is 1.10. The van der Waals surface area contributed by atoms with Gasteiger partial charge in [0.25, 0.3) is 5.91 Å². The van der Waals surface area contributed by atoms with E-state index in [1.165, 1.54) is 16.2 Å². The number of aliphatic hydroxyl groups is 1. The van der Waals surface area contributed by atoms with Crippen LogP contribution in [0.2, 0.25) is 0 Å². The number of halogens is 1. The highest BCUT2D eigenvalue weighted by Crippen LogP contribution is 2.40. The number of aromatic nitrogens is 1. The number of likely N-dealkylation sites (tertiary alicyclic amines) is 1. The Hall–Kier alpha value is -5.17. The summed E-state index contributed by atoms with van der Waals surface area (Å²) in [7, 11) is 0. The van der Waals surface area contributed by atoms with E-state index in [9.17, 15) is 33.5 Å². The molecule has 1 aliphatic carbocycles. The van der Waals surface area contributed by atoms with Gasteiger partial charge in [-0.2, -0.15) is 0 Å². The van der Waals surface area contributed by atoms with Crippen molar-refractivity contribution < 1.29 is 52.4 Å². The number of hydrogen-bond donors (Lipinski definition) is 5. The summed E-state index contributed by atoms with van der Waals surface area (Å²) in [5.41, 5.74) is 8.26. The second kappa shape index (κ2) is 23.2. The highest BCUT2D eigenvalue weighted by atomic mass is 32.1. The van der Waals surface area contributed by atoms with E-state index in [1.54, 1.807) is 47.1 Å². The van der Waals surface area contributed by atoms with Crippen LogP contribution in [0.4, 0.5) is 9.18 Å². The predicted molar refractivity (Wildman–Crippen MR) is 252 cm³/mol. The normalized spacial score (nSPS) is 18.1. The van der Waals surface area contributed by atoms with Gasteiger partial charge in [0.15, 0.2) is 5.67 Å². The van der Waals surface area contributed by atoms with Crippen molar-refractivity contribution >= 4 is 41.1 Å². The van der Waals surface area contributed by atoms with E-state index in [-0.39, 0.29) is 45.4 Å². The van der Waals surface area contributed by atoms with E-state index in [2.05, 4.69) is 20.9 Å². The highest BCUT2D eigenvalue weighted by Gasteiger charge is 2.53. The minimum atomic E-state index is -1.98. The molecule has 1 aliphatic heterocycles. The summed E-state index contributed by atoms with van der Waals surface area (Å²) in [6.45, 7) is 15.7. The molecule has 0 unspecified atom stereocenters. The molecule has 1 aromatic heterocycles. The van der Waals surface area contributed by atoms with Gasteiger partial charge in [-0.25, -0.2) is 14.2 Å². The lowest BCUT2D eigenvalue weighted by molar-refractivity contribution is -0.145. The van der Waals surface area contributed by atoms with Crippen LogP contribution in [0.1, 0.15) is 109 Å². The van der Waals surface area contributed by atoms with Gasteiger partial charge in [-0.1, -0.05) is 57.2 Å². The molecule has 5 amide bonds. The number of alkyl carbamates (subject to hydrolysis) is 1. The zero-order chi connectivity index (χ0) is 49.1. The SMILES string of the molecule is Cc1ncsc1-c1ccc(CNC(=O)[C@@H]2C[C@@H](O)CN2C(=O)[C@@H](NC(=O)C2(F)CC2)C(C)(C)C)c(OCCOCCCc2ccc(CO[C@H](C)[C@H](CCC(N)=O)NC(=O)OC(C)(C)C)cc2)c1. The van der Waals surface area contributed by atoms with Gasteiger partial charge in [0.05, 0.1) is 47.5 Å². The fraction of sp³-hybridized carbons (Fsp3) is 0.592. The molecule has 3 aromatic rings. The molecule has 0 bridgehead atoms. The maximum Gasteiger partial charge on any atom is 0.407 e. The van der Waals surface area contributed by atoms with Gasteiger partial charge in [-0.15, -0.1) is 11.3 Å². The number of thiazole rings is 1. The molecule has 5 rings (SSSR count). The molecule has 2 fully saturated rings. The Morgan fingerprint density at radius 2 is 1.70 bits per heavy atom. The summed E-state index contributed by atoms with van der Waals surface area (Å²) in [4.78, 5) is 70.9. The number of carbonyl (C=O) groups is 5. The van der Waals surface area contributed by atoms with Gasteiger partial charge in [0, 0.05) is 38.1 Å². The third-order valence-electron chi connectivity index (χ3n) is 11.6. The number of nitrogens with one attached hydrogen (secondary N) is 3. The summed E-state index contributed by atoms with van der Waals surface area (Å²) >= 11 is 1.51. The van der Waals surface area contributed by atoms with Gasteiger partial charge in [-0.05, 0) is 94.9 Å². The molecular weight excluding hydrogens is 884 g/mol. The van der Waals surface area contributed by atoms with Gasteiger partial charge < -0.3 is 50.6 Å². The van der Waals surface area contributed by atoms with Crippen molar-refractivity contribution in [2.45, 2.75) is 155 Å². The van der Waals surface area contributed by atoms with Crippen LogP contribution >= 0.6 is 11.3 Å². The fourth-order valence-electron chi connectivity index (χ4n) is 7.59. The van der Waals surface area contributed by atoms with Crippen molar-refractivity contribution in [2.75, 3.05) is 26.4 Å². The van der Waals surface area contributed by atoms with Crippen LogP contribution in [0.25, 0.3) is 10.4 Å². The number of nitrogens with zero attached hydrogens (tertiary/aromatic N) is 2. The van der Waals surface area contributed by atoms with Gasteiger partial charge in [0.1, 0.15) is 30.0 Å². The zero-order valence-electron chi connectivity index (χ0n) is 40.1. The Bertz CT molecular complexity index is 2170. The lowest BCUT2D eigenvalue weighted by Gasteiger charge is -2.35. The number of alkyl halides is 1. The van der Waals surface area contributed by atoms with Crippen LogP contribution < -0.4 is 26.4 Å². The van der Waals surface area contributed by atoms with Gasteiger partial charge in [0.2, 0.25) is 17.7 Å². The molecule has 16 nitrogen and oxygen atoms in total. The topological polar surface area (TPSA) is 221 Å². The number of nitrogens with two attached hydrogens (primary N) is 1. The second-order valence-electron chi connectivity index (χ2n) is 19.6. The number of aryl methyl sites for hydroxylation is 2. The molecule has 368 valence electrons. The van der Waals surface area contributed by atoms with E-state index in [0.29, 0.717) is 37.6 Å². The largest absolute Gasteiger partial charge is 0.491 e. The Morgan fingerprint density at radius 1 is 1.00 bits per heavy atom. The minimum Gasteiger partial charge on any atom is -0.491 e. The quantitative estimate of drug-likeness (QED) is 0.0713. The smallest absolute Gasteiger partial charge is 0.407 e. The number of primary amides is 1. The summed E-state index contributed by atoms with van der Waals surface area (Å²) in [5, 5.41) is 18.9. The average Bonchev–Trinajstić information content (AvgIpc) is 3.66. The number of β-amino-alcohol motifs (C(OH)–C–C–N with tert-alkyl or cyclic N) is 1. The molecule has 2 aliphatic rings. The highest BCUT2D eigenvalue weighted by molar-refractivity contribution is 7.13. The molecule has 2 heterocycles. The standard InChI is InChI=1S/C49H69FN6O10S/c1-30-41(67-29-53-30)34-15-16-35(26-52-43(59)38-25-36(57)27-56(38)44(60)42(47(3,4)5)55-45(61)49(50)19-20-49)39(24-34)64-23-22-63-21-9-10-32-11-13-33(14-12-32)28-65-31(2)37(17-18-40(51)58)54-46(62)66-48(6,7)8/h11-16,24,29,31,36-38,42,57H,9-10,17-23,25-28H2,1-8H3,(H2,51,58)(H,52,59)(H,54,62)(H,55,61)/t31-,36-,37+,38+,42-/m1/s1. The Morgan fingerprint density at radius 3 is 2.33 bits per heavy atom. The molecule has 0 spiro atoms. The van der Waals surface area contributed by atoms with E-state index in [1.807, 2.05) is 56.3 Å².